The first-order valence-corrected chi connectivity index (χ1v) is 11.5. The third-order valence-electron chi connectivity index (χ3n) is 4.80. The quantitative estimate of drug-likeness (QED) is 0.457. The number of thiazole rings is 1. The zero-order chi connectivity index (χ0) is 19.5. The van der Waals surface area contributed by atoms with Gasteiger partial charge < -0.3 is 4.57 Å². The minimum atomic E-state index is -0.0995. The van der Waals surface area contributed by atoms with Crippen LogP contribution >= 0.6 is 23.1 Å². The number of thioether (sulfide) groups is 1. The lowest BCUT2D eigenvalue weighted by atomic mass is 10.0. The van der Waals surface area contributed by atoms with Crippen molar-refractivity contribution in [1.29, 1.82) is 0 Å². The zero-order valence-corrected chi connectivity index (χ0v) is 17.6. The molecule has 3 nitrogen and oxygen atoms in total. The van der Waals surface area contributed by atoms with Crippen molar-refractivity contribution in [3.05, 3.63) is 76.6 Å². The number of aryl methyl sites for hydroxylation is 2. The Morgan fingerprint density at radius 2 is 1.93 bits per heavy atom. The van der Waals surface area contributed by atoms with Gasteiger partial charge in [0.1, 0.15) is 0 Å². The molecule has 5 heteroatoms. The van der Waals surface area contributed by atoms with Gasteiger partial charge in [-0.3, -0.25) is 4.79 Å². The highest BCUT2D eigenvalue weighted by Gasteiger charge is 2.10. The minimum absolute atomic E-state index is 0.0995. The largest absolute Gasteiger partial charge is 0.316 e. The Hall–Kier alpha value is -2.37. The summed E-state index contributed by atoms with van der Waals surface area (Å²) in [6.07, 6.45) is 2.42. The van der Waals surface area contributed by atoms with E-state index in [1.807, 2.05) is 24.3 Å². The highest BCUT2D eigenvalue weighted by Crippen LogP contribution is 2.21. The van der Waals surface area contributed by atoms with Crippen molar-refractivity contribution < 1.29 is 4.79 Å². The predicted molar refractivity (Wildman–Crippen MR) is 121 cm³/mol. The van der Waals surface area contributed by atoms with E-state index in [1.54, 1.807) is 23.1 Å². The van der Waals surface area contributed by atoms with Crippen molar-refractivity contribution >= 4 is 50.0 Å². The maximum Gasteiger partial charge on any atom is 0.252 e. The van der Waals surface area contributed by atoms with E-state index in [9.17, 15) is 4.79 Å². The predicted octanol–water partition coefficient (Wildman–Crippen LogP) is 5.20. The molecule has 1 aromatic heterocycles. The second kappa shape index (κ2) is 8.33. The highest BCUT2D eigenvalue weighted by atomic mass is 32.2. The molecule has 0 aliphatic rings. The van der Waals surface area contributed by atoms with Crippen LogP contribution in [0.25, 0.3) is 21.0 Å². The maximum absolute atomic E-state index is 12.8. The first kappa shape index (κ1) is 19.0. The summed E-state index contributed by atoms with van der Waals surface area (Å²) in [5.41, 5.74) is 3.40. The Bertz CT molecular complexity index is 1210. The number of hydrogen-bond donors (Lipinski definition) is 0. The molecule has 0 aliphatic heterocycles. The normalized spacial score (nSPS) is 12.1. The first-order chi connectivity index (χ1) is 13.7. The van der Waals surface area contributed by atoms with Crippen LogP contribution in [0.2, 0.25) is 0 Å². The van der Waals surface area contributed by atoms with Crippen LogP contribution in [0.3, 0.4) is 0 Å². The zero-order valence-electron chi connectivity index (χ0n) is 16.0. The minimum Gasteiger partial charge on any atom is -0.316 e. The second-order valence-corrected chi connectivity index (χ2v) is 8.82. The van der Waals surface area contributed by atoms with Crippen LogP contribution < -0.4 is 4.80 Å². The molecule has 0 N–H and O–H groups in total. The Morgan fingerprint density at radius 1 is 1.11 bits per heavy atom. The van der Waals surface area contributed by atoms with E-state index in [4.69, 9.17) is 0 Å². The standard InChI is InChI=1S/C23H22N2OS2/c1-16-10-11-20-21(14-16)28-23(25(20)12-13-27-2)24-22(26)15-18-8-5-7-17-6-3-4-9-19(17)18/h3-11,14H,12-13,15H2,1-2H3. The average molecular weight is 407 g/mol. The molecular formula is C23H22N2OS2. The van der Waals surface area contributed by atoms with E-state index in [-0.39, 0.29) is 5.91 Å². The first-order valence-electron chi connectivity index (χ1n) is 9.29. The number of carbonyl (C=O) groups is 1. The molecule has 0 saturated carbocycles. The molecule has 0 bridgehead atoms. The molecule has 0 aliphatic carbocycles. The number of amides is 1. The van der Waals surface area contributed by atoms with Gasteiger partial charge in [-0.05, 0) is 47.2 Å². The van der Waals surface area contributed by atoms with Crippen LogP contribution in [0, 0.1) is 6.92 Å². The summed E-state index contributed by atoms with van der Waals surface area (Å²) in [6.45, 7) is 2.94. The van der Waals surface area contributed by atoms with E-state index in [0.29, 0.717) is 6.42 Å². The van der Waals surface area contributed by atoms with Gasteiger partial charge in [0.05, 0.1) is 16.6 Å². The highest BCUT2D eigenvalue weighted by molar-refractivity contribution is 7.98. The van der Waals surface area contributed by atoms with Gasteiger partial charge in [0, 0.05) is 12.3 Å². The van der Waals surface area contributed by atoms with E-state index in [0.717, 1.165) is 39.0 Å². The van der Waals surface area contributed by atoms with Gasteiger partial charge in [0.2, 0.25) is 0 Å². The van der Waals surface area contributed by atoms with E-state index in [1.165, 1.54) is 10.3 Å². The molecule has 0 fully saturated rings. The molecule has 4 rings (SSSR count). The van der Waals surface area contributed by atoms with Crippen molar-refractivity contribution in [2.45, 2.75) is 19.9 Å². The fourth-order valence-corrected chi connectivity index (χ4v) is 4.96. The van der Waals surface area contributed by atoms with Gasteiger partial charge in [-0.2, -0.15) is 16.8 Å². The third-order valence-corrected chi connectivity index (χ3v) is 6.43. The van der Waals surface area contributed by atoms with E-state index in [2.05, 4.69) is 59.1 Å². The van der Waals surface area contributed by atoms with Gasteiger partial charge >= 0.3 is 0 Å². The second-order valence-electron chi connectivity index (χ2n) is 6.82. The lowest BCUT2D eigenvalue weighted by molar-refractivity contribution is -0.117. The fraction of sp³-hybridized carbons (Fsp3) is 0.217. The van der Waals surface area contributed by atoms with Crippen molar-refractivity contribution in [3.8, 4) is 0 Å². The van der Waals surface area contributed by atoms with Crippen LogP contribution in [0.5, 0.6) is 0 Å². The molecule has 28 heavy (non-hydrogen) atoms. The van der Waals surface area contributed by atoms with Gasteiger partial charge in [-0.15, -0.1) is 0 Å². The van der Waals surface area contributed by atoms with E-state index >= 15 is 0 Å². The number of nitrogens with zero attached hydrogens (tertiary/aromatic N) is 2. The number of aromatic nitrogens is 1. The van der Waals surface area contributed by atoms with E-state index < -0.39 is 0 Å². The van der Waals surface area contributed by atoms with Crippen LogP contribution in [0.4, 0.5) is 0 Å². The number of benzene rings is 3. The number of fused-ring (bicyclic) bond motifs is 2. The molecular weight excluding hydrogens is 384 g/mol. The molecule has 0 saturated heterocycles. The lowest BCUT2D eigenvalue weighted by Crippen LogP contribution is -2.18. The summed E-state index contributed by atoms with van der Waals surface area (Å²) in [6, 6.07) is 20.7. The average Bonchev–Trinajstić information content (AvgIpc) is 3.02. The van der Waals surface area contributed by atoms with Crippen LogP contribution in [-0.2, 0) is 17.8 Å². The van der Waals surface area contributed by atoms with Crippen LogP contribution in [0.1, 0.15) is 11.1 Å². The summed E-state index contributed by atoms with van der Waals surface area (Å²) in [5.74, 6) is 0.891. The number of rotatable bonds is 5. The molecule has 1 amide bonds. The van der Waals surface area contributed by atoms with Gasteiger partial charge in [-0.1, -0.05) is 59.9 Å². The van der Waals surface area contributed by atoms with Crippen molar-refractivity contribution in [2.24, 2.45) is 4.99 Å². The molecule has 0 radical (unpaired) electrons. The molecule has 0 spiro atoms. The molecule has 4 aromatic rings. The molecule has 3 aromatic carbocycles. The maximum atomic E-state index is 12.8. The summed E-state index contributed by atoms with van der Waals surface area (Å²) >= 11 is 3.40. The summed E-state index contributed by atoms with van der Waals surface area (Å²) in [4.78, 5) is 18.1. The Balaban J connectivity index is 1.73. The third kappa shape index (κ3) is 3.91. The van der Waals surface area contributed by atoms with Gasteiger partial charge in [-0.25, -0.2) is 0 Å². The number of carbonyl (C=O) groups excluding carboxylic acids is 1. The molecule has 0 atom stereocenters. The summed E-state index contributed by atoms with van der Waals surface area (Å²) in [7, 11) is 0. The Morgan fingerprint density at radius 3 is 2.79 bits per heavy atom. The summed E-state index contributed by atoms with van der Waals surface area (Å²) in [5, 5.41) is 2.27. The Labute approximate surface area is 172 Å². The lowest BCUT2D eigenvalue weighted by Gasteiger charge is -2.05. The van der Waals surface area contributed by atoms with Gasteiger partial charge in [0.15, 0.2) is 4.80 Å². The van der Waals surface area contributed by atoms with Crippen molar-refractivity contribution in [2.75, 3.05) is 12.0 Å². The SMILES string of the molecule is CSCCn1c(=NC(=O)Cc2cccc3ccccc23)sc2cc(C)ccc21. The molecule has 0 unspecified atom stereocenters. The smallest absolute Gasteiger partial charge is 0.252 e. The van der Waals surface area contributed by atoms with Crippen LogP contribution in [-0.4, -0.2) is 22.5 Å². The fourth-order valence-electron chi connectivity index (χ4n) is 3.42. The topological polar surface area (TPSA) is 34.4 Å². The molecule has 1 heterocycles. The van der Waals surface area contributed by atoms with Crippen LogP contribution in [0.15, 0.2) is 65.7 Å². The van der Waals surface area contributed by atoms with Crippen molar-refractivity contribution in [1.82, 2.24) is 4.57 Å². The number of hydrogen-bond acceptors (Lipinski definition) is 3. The molecule has 142 valence electrons. The van der Waals surface area contributed by atoms with Gasteiger partial charge in [0.25, 0.3) is 5.91 Å². The Kier molecular flexibility index (Phi) is 5.64. The monoisotopic (exact) mass is 406 g/mol. The van der Waals surface area contributed by atoms with Crippen molar-refractivity contribution in [3.63, 3.8) is 0 Å². The summed E-state index contributed by atoms with van der Waals surface area (Å²) < 4.78 is 3.36.